The van der Waals surface area contributed by atoms with Crippen LogP contribution in [0.5, 0.6) is 0 Å². The first-order chi connectivity index (χ1) is 8.11. The first-order valence-electron chi connectivity index (χ1n) is 5.47. The molecule has 4 heteroatoms. The lowest BCUT2D eigenvalue weighted by Gasteiger charge is -2.05. The lowest BCUT2D eigenvalue weighted by molar-refractivity contribution is 0.968. The lowest BCUT2D eigenvalue weighted by atomic mass is 10.1. The molecule has 1 aromatic carbocycles. The van der Waals surface area contributed by atoms with Gasteiger partial charge in [-0.15, -0.1) is 0 Å². The van der Waals surface area contributed by atoms with E-state index in [9.17, 15) is 4.79 Å². The molecule has 0 bridgehead atoms. The Labute approximate surface area is 113 Å². The quantitative estimate of drug-likeness (QED) is 0.855. The molecule has 0 unspecified atom stereocenters. The van der Waals surface area contributed by atoms with Gasteiger partial charge in [0, 0.05) is 5.56 Å². The highest BCUT2D eigenvalue weighted by Crippen LogP contribution is 2.16. The van der Waals surface area contributed by atoms with E-state index in [0.29, 0.717) is 9.39 Å². The summed E-state index contributed by atoms with van der Waals surface area (Å²) in [6.45, 7) is 4.04. The van der Waals surface area contributed by atoms with Crippen molar-refractivity contribution in [3.05, 3.63) is 49.4 Å². The number of hydrogen-bond acceptors (Lipinski definition) is 2. The SMILES string of the molecule is CCc1nc(-c2ccc(C)cc2)[nH]c(=O)c1I. The van der Waals surface area contributed by atoms with E-state index in [0.717, 1.165) is 17.7 Å². The van der Waals surface area contributed by atoms with Gasteiger partial charge in [-0.1, -0.05) is 36.8 Å². The van der Waals surface area contributed by atoms with Crippen LogP contribution in [0.4, 0.5) is 0 Å². The first kappa shape index (κ1) is 12.3. The maximum atomic E-state index is 11.8. The number of benzene rings is 1. The Bertz CT molecular complexity index is 587. The number of aromatic nitrogens is 2. The zero-order valence-electron chi connectivity index (χ0n) is 9.75. The van der Waals surface area contributed by atoms with E-state index in [1.54, 1.807) is 0 Å². The molecule has 1 aromatic heterocycles. The Hall–Kier alpha value is -1.17. The summed E-state index contributed by atoms with van der Waals surface area (Å²) in [5, 5.41) is 0. The number of hydrogen-bond donors (Lipinski definition) is 1. The Morgan fingerprint density at radius 2 is 1.94 bits per heavy atom. The van der Waals surface area contributed by atoms with Crippen molar-refractivity contribution in [2.45, 2.75) is 20.3 Å². The number of H-pyrrole nitrogens is 1. The van der Waals surface area contributed by atoms with Gasteiger partial charge >= 0.3 is 0 Å². The molecule has 0 atom stereocenters. The normalized spacial score (nSPS) is 10.5. The fourth-order valence-corrected chi connectivity index (χ4v) is 2.22. The zero-order chi connectivity index (χ0) is 12.4. The average Bonchev–Trinajstić information content (AvgIpc) is 2.33. The van der Waals surface area contributed by atoms with Gasteiger partial charge in [-0.25, -0.2) is 4.98 Å². The summed E-state index contributed by atoms with van der Waals surface area (Å²) in [4.78, 5) is 19.1. The van der Waals surface area contributed by atoms with Gasteiger partial charge in [0.25, 0.3) is 5.56 Å². The summed E-state index contributed by atoms with van der Waals surface area (Å²) in [6, 6.07) is 7.97. The third-order valence-corrected chi connectivity index (χ3v) is 3.70. The lowest BCUT2D eigenvalue weighted by Crippen LogP contribution is -2.15. The van der Waals surface area contributed by atoms with Crippen LogP contribution in [-0.2, 0) is 6.42 Å². The van der Waals surface area contributed by atoms with Crippen molar-refractivity contribution >= 4 is 22.6 Å². The monoisotopic (exact) mass is 340 g/mol. The van der Waals surface area contributed by atoms with Crippen molar-refractivity contribution in [3.63, 3.8) is 0 Å². The van der Waals surface area contributed by atoms with Crippen LogP contribution < -0.4 is 5.56 Å². The second-order valence-electron chi connectivity index (χ2n) is 3.89. The summed E-state index contributed by atoms with van der Waals surface area (Å²) < 4.78 is 0.681. The van der Waals surface area contributed by atoms with Crippen LogP contribution in [0, 0.1) is 10.5 Å². The molecule has 0 radical (unpaired) electrons. The molecular weight excluding hydrogens is 327 g/mol. The van der Waals surface area contributed by atoms with Crippen molar-refractivity contribution in [3.8, 4) is 11.4 Å². The molecule has 0 amide bonds. The summed E-state index contributed by atoms with van der Waals surface area (Å²) in [5.41, 5.74) is 2.93. The van der Waals surface area contributed by atoms with Crippen molar-refractivity contribution in [2.24, 2.45) is 0 Å². The van der Waals surface area contributed by atoms with E-state index in [-0.39, 0.29) is 5.56 Å². The fraction of sp³-hybridized carbons (Fsp3) is 0.231. The molecule has 0 aliphatic heterocycles. The summed E-state index contributed by atoms with van der Waals surface area (Å²) in [7, 11) is 0. The number of aromatic amines is 1. The number of rotatable bonds is 2. The number of nitrogens with zero attached hydrogens (tertiary/aromatic N) is 1. The molecule has 0 spiro atoms. The first-order valence-corrected chi connectivity index (χ1v) is 6.55. The highest BCUT2D eigenvalue weighted by molar-refractivity contribution is 14.1. The van der Waals surface area contributed by atoms with Crippen LogP contribution in [0.3, 0.4) is 0 Å². The second-order valence-corrected chi connectivity index (χ2v) is 4.97. The van der Waals surface area contributed by atoms with E-state index < -0.39 is 0 Å². The largest absolute Gasteiger partial charge is 0.306 e. The van der Waals surface area contributed by atoms with Gasteiger partial charge in [0.1, 0.15) is 5.82 Å². The smallest absolute Gasteiger partial charge is 0.264 e. The van der Waals surface area contributed by atoms with Crippen molar-refractivity contribution in [2.75, 3.05) is 0 Å². The second kappa shape index (κ2) is 5.00. The molecule has 2 aromatic rings. The molecular formula is C13H13IN2O. The number of halogens is 1. The van der Waals surface area contributed by atoms with Gasteiger partial charge in [0.05, 0.1) is 9.26 Å². The van der Waals surface area contributed by atoms with Gasteiger partial charge in [-0.2, -0.15) is 0 Å². The van der Waals surface area contributed by atoms with Crippen LogP contribution in [0.1, 0.15) is 18.2 Å². The van der Waals surface area contributed by atoms with Crippen molar-refractivity contribution in [1.82, 2.24) is 9.97 Å². The Balaban J connectivity index is 2.56. The summed E-state index contributed by atoms with van der Waals surface area (Å²) in [5.74, 6) is 0.646. The van der Waals surface area contributed by atoms with Gasteiger partial charge in [0.2, 0.25) is 0 Å². The standard InChI is InChI=1S/C13H13IN2O/c1-3-10-11(14)13(17)16-12(15-10)9-6-4-8(2)5-7-9/h4-7H,3H2,1-2H3,(H,15,16,17). The van der Waals surface area contributed by atoms with Crippen molar-refractivity contribution < 1.29 is 0 Å². The highest BCUT2D eigenvalue weighted by Gasteiger charge is 2.08. The molecule has 0 saturated carbocycles. The topological polar surface area (TPSA) is 45.8 Å². The Morgan fingerprint density at radius 1 is 1.29 bits per heavy atom. The van der Waals surface area contributed by atoms with E-state index in [1.807, 2.05) is 60.7 Å². The highest BCUT2D eigenvalue weighted by atomic mass is 127. The molecule has 1 heterocycles. The molecule has 0 saturated heterocycles. The minimum atomic E-state index is -0.0620. The average molecular weight is 340 g/mol. The third-order valence-electron chi connectivity index (χ3n) is 2.59. The maximum Gasteiger partial charge on any atom is 0.264 e. The molecule has 3 nitrogen and oxygen atoms in total. The van der Waals surface area contributed by atoms with Crippen LogP contribution in [-0.4, -0.2) is 9.97 Å². The molecule has 0 fully saturated rings. The Kier molecular flexibility index (Phi) is 3.61. The van der Waals surface area contributed by atoms with E-state index in [2.05, 4.69) is 9.97 Å². The molecule has 0 aliphatic carbocycles. The van der Waals surface area contributed by atoms with Crippen LogP contribution in [0.25, 0.3) is 11.4 Å². The fourth-order valence-electron chi connectivity index (χ4n) is 1.59. The van der Waals surface area contributed by atoms with E-state index in [1.165, 1.54) is 5.56 Å². The van der Waals surface area contributed by atoms with Crippen LogP contribution in [0.15, 0.2) is 29.1 Å². The predicted molar refractivity (Wildman–Crippen MR) is 77.1 cm³/mol. The third kappa shape index (κ3) is 2.57. The summed E-state index contributed by atoms with van der Waals surface area (Å²) in [6.07, 6.45) is 0.765. The van der Waals surface area contributed by atoms with Crippen molar-refractivity contribution in [1.29, 1.82) is 0 Å². The molecule has 1 N–H and O–H groups in total. The maximum absolute atomic E-state index is 11.8. The number of nitrogens with one attached hydrogen (secondary N) is 1. The predicted octanol–water partition coefficient (Wildman–Crippen LogP) is 2.91. The Morgan fingerprint density at radius 3 is 2.53 bits per heavy atom. The molecule has 2 rings (SSSR count). The van der Waals surface area contributed by atoms with E-state index in [4.69, 9.17) is 0 Å². The van der Waals surface area contributed by atoms with Gasteiger partial charge in [-0.05, 0) is 35.9 Å². The minimum absolute atomic E-state index is 0.0620. The summed E-state index contributed by atoms with van der Waals surface area (Å²) >= 11 is 2.04. The van der Waals surface area contributed by atoms with Crippen LogP contribution >= 0.6 is 22.6 Å². The van der Waals surface area contributed by atoms with Gasteiger partial charge < -0.3 is 4.98 Å². The zero-order valence-corrected chi connectivity index (χ0v) is 11.9. The van der Waals surface area contributed by atoms with Crippen LogP contribution in [0.2, 0.25) is 0 Å². The van der Waals surface area contributed by atoms with Gasteiger partial charge in [-0.3, -0.25) is 4.79 Å². The number of aryl methyl sites for hydroxylation is 2. The molecule has 0 aliphatic rings. The molecule has 17 heavy (non-hydrogen) atoms. The minimum Gasteiger partial charge on any atom is -0.306 e. The van der Waals surface area contributed by atoms with E-state index >= 15 is 0 Å². The van der Waals surface area contributed by atoms with Gasteiger partial charge in [0.15, 0.2) is 0 Å². The molecule has 88 valence electrons.